The molecule has 1 N–H and O–H groups in total. The fraction of sp³-hybridized carbons (Fsp3) is 0.350. The number of rotatable bonds is 7. The lowest BCUT2D eigenvalue weighted by molar-refractivity contribution is -0.384. The number of hydrogen-bond donors (Lipinski definition) is 1. The van der Waals surface area contributed by atoms with Crippen molar-refractivity contribution in [3.05, 3.63) is 63.7 Å². The minimum atomic E-state index is -0.422. The summed E-state index contributed by atoms with van der Waals surface area (Å²) in [5.41, 5.74) is 6.01. The Labute approximate surface area is 158 Å². The molecule has 0 atom stereocenters. The highest BCUT2D eigenvalue weighted by Crippen LogP contribution is 2.25. The van der Waals surface area contributed by atoms with Crippen molar-refractivity contribution in [2.24, 2.45) is 5.10 Å². The van der Waals surface area contributed by atoms with E-state index in [-0.39, 0.29) is 5.69 Å². The zero-order chi connectivity index (χ0) is 19.2. The SMILES string of the molecule is COc1ccc(/C(C)=N\Nc2ccccc2[N+](=O)[O-])cc1CN1CCCC1. The lowest BCUT2D eigenvalue weighted by Crippen LogP contribution is -2.19. The van der Waals surface area contributed by atoms with E-state index in [2.05, 4.69) is 21.5 Å². The van der Waals surface area contributed by atoms with E-state index in [1.54, 1.807) is 25.3 Å². The van der Waals surface area contributed by atoms with Crippen LogP contribution in [0.2, 0.25) is 0 Å². The Morgan fingerprint density at radius 3 is 2.70 bits per heavy atom. The Bertz CT molecular complexity index is 845. The van der Waals surface area contributed by atoms with E-state index in [1.807, 2.05) is 19.1 Å². The summed E-state index contributed by atoms with van der Waals surface area (Å²) in [6.45, 7) is 4.95. The first-order valence-electron chi connectivity index (χ1n) is 9.02. The average Bonchev–Trinajstić information content (AvgIpc) is 3.19. The van der Waals surface area contributed by atoms with Crippen LogP contribution < -0.4 is 10.2 Å². The maximum absolute atomic E-state index is 11.1. The fourth-order valence-electron chi connectivity index (χ4n) is 3.24. The number of ether oxygens (including phenoxy) is 1. The number of nitrogens with zero attached hydrogens (tertiary/aromatic N) is 3. The molecule has 0 unspecified atom stereocenters. The van der Waals surface area contributed by atoms with Gasteiger partial charge in [-0.2, -0.15) is 5.10 Å². The predicted molar refractivity (Wildman–Crippen MR) is 106 cm³/mol. The topological polar surface area (TPSA) is 80.0 Å². The van der Waals surface area contributed by atoms with Crippen LogP contribution in [0.25, 0.3) is 0 Å². The van der Waals surface area contributed by atoms with Crippen molar-refractivity contribution < 1.29 is 9.66 Å². The normalized spacial score (nSPS) is 15.0. The number of nitrogens with one attached hydrogen (secondary N) is 1. The fourth-order valence-corrected chi connectivity index (χ4v) is 3.24. The van der Waals surface area contributed by atoms with Gasteiger partial charge in [0.15, 0.2) is 0 Å². The predicted octanol–water partition coefficient (Wildman–Crippen LogP) is 4.04. The lowest BCUT2D eigenvalue weighted by Gasteiger charge is -2.18. The maximum Gasteiger partial charge on any atom is 0.294 e. The zero-order valence-electron chi connectivity index (χ0n) is 15.6. The van der Waals surface area contributed by atoms with Crippen LogP contribution in [0.1, 0.15) is 30.9 Å². The summed E-state index contributed by atoms with van der Waals surface area (Å²) in [4.78, 5) is 13.1. The first-order chi connectivity index (χ1) is 13.1. The number of para-hydroxylation sites is 2. The largest absolute Gasteiger partial charge is 0.496 e. The second kappa shape index (κ2) is 8.64. The molecule has 27 heavy (non-hydrogen) atoms. The van der Waals surface area contributed by atoms with Gasteiger partial charge in [0.2, 0.25) is 0 Å². The summed E-state index contributed by atoms with van der Waals surface area (Å²) in [7, 11) is 1.68. The molecule has 0 saturated carbocycles. The number of nitro groups is 1. The average molecular weight is 368 g/mol. The Balaban J connectivity index is 1.80. The van der Waals surface area contributed by atoms with E-state index in [1.165, 1.54) is 18.9 Å². The summed E-state index contributed by atoms with van der Waals surface area (Å²) in [6.07, 6.45) is 2.48. The summed E-state index contributed by atoms with van der Waals surface area (Å²) >= 11 is 0. The van der Waals surface area contributed by atoms with Crippen LogP contribution in [0.3, 0.4) is 0 Å². The van der Waals surface area contributed by atoms with Gasteiger partial charge in [0, 0.05) is 18.2 Å². The van der Waals surface area contributed by atoms with Crippen LogP contribution in [0.5, 0.6) is 5.75 Å². The van der Waals surface area contributed by atoms with Crippen molar-refractivity contribution in [2.45, 2.75) is 26.3 Å². The Hall–Kier alpha value is -2.93. The van der Waals surface area contributed by atoms with Gasteiger partial charge in [0.05, 0.1) is 17.7 Å². The first kappa shape index (κ1) is 18.8. The highest BCUT2D eigenvalue weighted by molar-refractivity contribution is 5.99. The molecular weight excluding hydrogens is 344 g/mol. The van der Waals surface area contributed by atoms with Crippen molar-refractivity contribution >= 4 is 17.1 Å². The van der Waals surface area contributed by atoms with Crippen LogP contribution in [-0.4, -0.2) is 35.7 Å². The van der Waals surface area contributed by atoms with Crippen LogP contribution in [-0.2, 0) is 6.54 Å². The van der Waals surface area contributed by atoms with Crippen molar-refractivity contribution in [2.75, 3.05) is 25.6 Å². The molecule has 1 aliphatic rings. The minimum absolute atomic E-state index is 0.00139. The summed E-state index contributed by atoms with van der Waals surface area (Å²) in [6, 6.07) is 12.4. The highest BCUT2D eigenvalue weighted by Gasteiger charge is 2.15. The van der Waals surface area contributed by atoms with Crippen molar-refractivity contribution in [1.82, 2.24) is 4.90 Å². The number of likely N-dealkylation sites (tertiary alicyclic amines) is 1. The second-order valence-corrected chi connectivity index (χ2v) is 6.59. The molecule has 2 aromatic rings. The molecule has 0 spiro atoms. The molecule has 7 heteroatoms. The molecule has 1 aliphatic heterocycles. The standard InChI is InChI=1S/C20H24N4O3/c1-15(21-22-18-7-3-4-8-19(18)24(25)26)16-9-10-20(27-2)17(13-16)14-23-11-5-6-12-23/h3-4,7-10,13,22H,5-6,11-12,14H2,1-2H3/b21-15-. The Morgan fingerprint density at radius 2 is 2.00 bits per heavy atom. The molecule has 7 nitrogen and oxygen atoms in total. The molecule has 0 aromatic heterocycles. The number of benzene rings is 2. The molecule has 2 aromatic carbocycles. The summed E-state index contributed by atoms with van der Waals surface area (Å²) < 4.78 is 5.50. The van der Waals surface area contributed by atoms with E-state index in [0.717, 1.165) is 42.2 Å². The molecular formula is C20H24N4O3. The summed E-state index contributed by atoms with van der Waals surface area (Å²) in [5.74, 6) is 0.866. The van der Waals surface area contributed by atoms with Crippen LogP contribution >= 0.6 is 0 Å². The molecule has 3 rings (SSSR count). The smallest absolute Gasteiger partial charge is 0.294 e. The van der Waals surface area contributed by atoms with E-state index < -0.39 is 4.92 Å². The van der Waals surface area contributed by atoms with Gasteiger partial charge >= 0.3 is 0 Å². The van der Waals surface area contributed by atoms with Gasteiger partial charge in [-0.3, -0.25) is 20.4 Å². The van der Waals surface area contributed by atoms with E-state index in [9.17, 15) is 10.1 Å². The van der Waals surface area contributed by atoms with Crippen molar-refractivity contribution in [3.8, 4) is 5.75 Å². The van der Waals surface area contributed by atoms with Gasteiger partial charge < -0.3 is 4.74 Å². The molecule has 0 amide bonds. The van der Waals surface area contributed by atoms with Crippen LogP contribution in [0.15, 0.2) is 47.6 Å². The highest BCUT2D eigenvalue weighted by atomic mass is 16.6. The third kappa shape index (κ3) is 4.62. The van der Waals surface area contributed by atoms with E-state index in [0.29, 0.717) is 5.69 Å². The molecule has 0 aliphatic carbocycles. The van der Waals surface area contributed by atoms with Crippen molar-refractivity contribution in [3.63, 3.8) is 0 Å². The van der Waals surface area contributed by atoms with E-state index >= 15 is 0 Å². The third-order valence-electron chi connectivity index (χ3n) is 4.74. The van der Waals surface area contributed by atoms with Crippen LogP contribution in [0, 0.1) is 10.1 Å². The molecule has 142 valence electrons. The maximum atomic E-state index is 11.1. The number of anilines is 1. The first-order valence-corrected chi connectivity index (χ1v) is 9.02. The molecule has 0 radical (unpaired) electrons. The van der Waals surface area contributed by atoms with E-state index in [4.69, 9.17) is 4.74 Å². The quantitative estimate of drug-likeness (QED) is 0.453. The van der Waals surface area contributed by atoms with Crippen LogP contribution in [0.4, 0.5) is 11.4 Å². The van der Waals surface area contributed by atoms with Gasteiger partial charge in [-0.15, -0.1) is 0 Å². The third-order valence-corrected chi connectivity index (χ3v) is 4.74. The lowest BCUT2D eigenvalue weighted by atomic mass is 10.1. The summed E-state index contributed by atoms with van der Waals surface area (Å²) in [5, 5.41) is 15.5. The van der Waals surface area contributed by atoms with Crippen molar-refractivity contribution in [1.29, 1.82) is 0 Å². The molecule has 0 bridgehead atoms. The molecule has 1 fully saturated rings. The second-order valence-electron chi connectivity index (χ2n) is 6.59. The minimum Gasteiger partial charge on any atom is -0.496 e. The monoisotopic (exact) mass is 368 g/mol. The number of methoxy groups -OCH3 is 1. The number of nitro benzene ring substituents is 1. The number of hydrogen-bond acceptors (Lipinski definition) is 6. The Kier molecular flexibility index (Phi) is 6.03. The van der Waals surface area contributed by atoms with Gasteiger partial charge in [-0.1, -0.05) is 12.1 Å². The molecule has 1 saturated heterocycles. The zero-order valence-corrected chi connectivity index (χ0v) is 15.6. The molecule has 1 heterocycles. The van der Waals surface area contributed by atoms with Gasteiger partial charge in [-0.05, 0) is 62.7 Å². The Morgan fingerprint density at radius 1 is 1.26 bits per heavy atom. The van der Waals surface area contributed by atoms with Gasteiger partial charge in [-0.25, -0.2) is 0 Å². The van der Waals surface area contributed by atoms with Gasteiger partial charge in [0.25, 0.3) is 5.69 Å². The van der Waals surface area contributed by atoms with Gasteiger partial charge in [0.1, 0.15) is 11.4 Å². The number of hydrazone groups is 1.